The molecule has 3 aromatic carbocycles. The van der Waals surface area contributed by atoms with Crippen molar-refractivity contribution in [2.24, 2.45) is 0 Å². The molecule has 0 fully saturated rings. The number of hydrogen-bond acceptors (Lipinski definition) is 5. The summed E-state index contributed by atoms with van der Waals surface area (Å²) >= 11 is 12.8. The lowest BCUT2D eigenvalue weighted by molar-refractivity contribution is -0.377. The standard InChI is InChI=1S/C29H25Cl2FN2O4/c1-36-26-11-9-18(13-28(26)37-2)27(14-22-23(30)16-33-17-24(22)31)38-29(35)19-8-10-25(32)20(12-19)15-34-21-6-4-3-5-7-21/h3-13,16-17,27,34H,14-15H2,1-2H3/p+1/t27-/m0/s1. The van der Waals surface area contributed by atoms with Crippen LogP contribution in [0.15, 0.2) is 79.1 Å². The highest BCUT2D eigenvalue weighted by atomic mass is 35.5. The Hall–Kier alpha value is -3.81. The van der Waals surface area contributed by atoms with Crippen molar-refractivity contribution in [1.29, 1.82) is 0 Å². The molecule has 6 nitrogen and oxygen atoms in total. The van der Waals surface area contributed by atoms with E-state index in [1.165, 1.54) is 32.4 Å². The lowest BCUT2D eigenvalue weighted by Crippen LogP contribution is -2.16. The number of carbonyl (C=O) groups excluding carboxylic acids is 1. The van der Waals surface area contributed by atoms with E-state index in [1.54, 1.807) is 30.6 Å². The fourth-order valence-corrected chi connectivity index (χ4v) is 4.46. The van der Waals surface area contributed by atoms with E-state index in [1.807, 2.05) is 30.3 Å². The van der Waals surface area contributed by atoms with Gasteiger partial charge in [0.05, 0.1) is 19.8 Å². The van der Waals surface area contributed by atoms with Crippen molar-refractivity contribution in [1.82, 2.24) is 0 Å². The number of hydrogen-bond donors (Lipinski definition) is 1. The molecule has 1 heterocycles. The molecule has 4 rings (SSSR count). The molecule has 0 aliphatic rings. The number of pyridine rings is 1. The summed E-state index contributed by atoms with van der Waals surface area (Å²) in [6, 6.07) is 18.8. The number of carbonyl (C=O) groups is 1. The van der Waals surface area contributed by atoms with Gasteiger partial charge in [-0.2, -0.15) is 0 Å². The number of ether oxygens (including phenoxy) is 3. The van der Waals surface area contributed by atoms with Gasteiger partial charge in [0.2, 0.25) is 0 Å². The van der Waals surface area contributed by atoms with Gasteiger partial charge in [-0.25, -0.2) is 14.2 Å². The molecule has 0 amide bonds. The topological polar surface area (TPSA) is 70.9 Å². The number of halogens is 3. The van der Waals surface area contributed by atoms with Gasteiger partial charge < -0.3 is 19.5 Å². The Labute approximate surface area is 230 Å². The van der Waals surface area contributed by atoms with Crippen LogP contribution >= 0.6 is 23.2 Å². The van der Waals surface area contributed by atoms with Crippen molar-refractivity contribution in [2.45, 2.75) is 19.1 Å². The van der Waals surface area contributed by atoms with Crippen LogP contribution in [-0.4, -0.2) is 20.2 Å². The maximum atomic E-state index is 14.5. The number of esters is 1. The lowest BCUT2D eigenvalue weighted by Gasteiger charge is -2.21. The van der Waals surface area contributed by atoms with E-state index in [-0.39, 0.29) is 18.5 Å². The second-order valence-electron chi connectivity index (χ2n) is 8.37. The summed E-state index contributed by atoms with van der Waals surface area (Å²) in [7, 11) is 3.06. The van der Waals surface area contributed by atoms with Gasteiger partial charge in [-0.05, 0) is 48.0 Å². The molecule has 1 aromatic heterocycles. The molecule has 0 spiro atoms. The third-order valence-electron chi connectivity index (χ3n) is 5.95. The molecule has 2 N–H and O–H groups in total. The van der Waals surface area contributed by atoms with Crippen molar-refractivity contribution in [3.05, 3.63) is 117 Å². The molecule has 9 heteroatoms. The van der Waals surface area contributed by atoms with Crippen LogP contribution in [0.2, 0.25) is 10.0 Å². The molecule has 0 radical (unpaired) electrons. The summed E-state index contributed by atoms with van der Waals surface area (Å²) in [6.45, 7) is 0.196. The number of aromatic nitrogens is 1. The molecule has 0 aliphatic carbocycles. The van der Waals surface area contributed by atoms with E-state index >= 15 is 0 Å². The Kier molecular flexibility index (Phi) is 9.05. The van der Waals surface area contributed by atoms with Gasteiger partial charge in [-0.3, -0.25) is 0 Å². The first-order valence-corrected chi connectivity index (χ1v) is 12.5. The van der Waals surface area contributed by atoms with Gasteiger partial charge in [-0.1, -0.05) is 47.5 Å². The van der Waals surface area contributed by atoms with E-state index < -0.39 is 17.9 Å². The number of benzene rings is 3. The van der Waals surface area contributed by atoms with Crippen LogP contribution in [0.3, 0.4) is 0 Å². The van der Waals surface area contributed by atoms with Gasteiger partial charge in [-0.15, -0.1) is 0 Å². The van der Waals surface area contributed by atoms with Crippen molar-refractivity contribution in [3.8, 4) is 11.5 Å². The molecule has 196 valence electrons. The highest BCUT2D eigenvalue weighted by Crippen LogP contribution is 2.35. The number of nitrogens with one attached hydrogen (secondary N) is 2. The monoisotopic (exact) mass is 555 g/mol. The Balaban J connectivity index is 1.62. The van der Waals surface area contributed by atoms with Crippen molar-refractivity contribution < 1.29 is 28.4 Å². The molecule has 1 atom stereocenters. The fraction of sp³-hybridized carbons (Fsp3) is 0.172. The highest BCUT2D eigenvalue weighted by Gasteiger charge is 2.24. The molecule has 38 heavy (non-hydrogen) atoms. The third kappa shape index (κ3) is 6.54. The highest BCUT2D eigenvalue weighted by molar-refractivity contribution is 6.35. The number of para-hydroxylation sites is 1. The summed E-state index contributed by atoms with van der Waals surface area (Å²) in [5.74, 6) is -0.0532. The second kappa shape index (κ2) is 12.6. The maximum absolute atomic E-state index is 14.5. The minimum atomic E-state index is -0.782. The summed E-state index contributed by atoms with van der Waals surface area (Å²) < 4.78 is 31.3. The smallest absolute Gasteiger partial charge is 0.338 e. The maximum Gasteiger partial charge on any atom is 0.338 e. The number of aromatic amines is 1. The van der Waals surface area contributed by atoms with Crippen LogP contribution in [0.1, 0.15) is 33.2 Å². The number of anilines is 1. The zero-order valence-corrected chi connectivity index (χ0v) is 22.3. The summed E-state index contributed by atoms with van der Waals surface area (Å²) in [4.78, 5) is 16.2. The molecular weight excluding hydrogens is 530 g/mol. The van der Waals surface area contributed by atoms with Crippen LogP contribution in [-0.2, 0) is 17.7 Å². The van der Waals surface area contributed by atoms with E-state index in [0.717, 1.165) is 5.69 Å². The molecule has 0 unspecified atom stereocenters. The van der Waals surface area contributed by atoms with E-state index in [2.05, 4.69) is 10.3 Å². The average molecular weight is 556 g/mol. The van der Waals surface area contributed by atoms with Crippen LogP contribution in [0, 0.1) is 5.82 Å². The molecule has 0 aliphatic heterocycles. The first-order valence-electron chi connectivity index (χ1n) is 11.7. The Bertz CT molecular complexity index is 1400. The van der Waals surface area contributed by atoms with Gasteiger partial charge >= 0.3 is 5.97 Å². The molecule has 0 bridgehead atoms. The molecule has 0 saturated heterocycles. The largest absolute Gasteiger partial charge is 0.493 e. The van der Waals surface area contributed by atoms with E-state index in [9.17, 15) is 9.18 Å². The minimum absolute atomic E-state index is 0.192. The molecular formula is C29H26Cl2FN2O4+. The van der Waals surface area contributed by atoms with E-state index in [4.69, 9.17) is 37.4 Å². The summed E-state index contributed by atoms with van der Waals surface area (Å²) in [6.07, 6.45) is 2.61. The van der Waals surface area contributed by atoms with E-state index in [0.29, 0.717) is 38.2 Å². The van der Waals surface area contributed by atoms with Gasteiger partial charge in [0.25, 0.3) is 0 Å². The van der Waals surface area contributed by atoms with Crippen LogP contribution in [0.4, 0.5) is 10.1 Å². The van der Waals surface area contributed by atoms with Gasteiger partial charge in [0, 0.05) is 29.8 Å². The predicted molar refractivity (Wildman–Crippen MR) is 145 cm³/mol. The first kappa shape index (κ1) is 27.2. The van der Waals surface area contributed by atoms with Crippen molar-refractivity contribution in [3.63, 3.8) is 0 Å². The summed E-state index contributed by atoms with van der Waals surface area (Å²) in [5.41, 5.74) is 2.62. The Morgan fingerprint density at radius 1 is 0.947 bits per heavy atom. The predicted octanol–water partition coefficient (Wildman–Crippen LogP) is 6.72. The molecule has 0 saturated carbocycles. The second-order valence-corrected chi connectivity index (χ2v) is 9.18. The van der Waals surface area contributed by atoms with Crippen molar-refractivity contribution >= 4 is 34.9 Å². The molecule has 4 aromatic rings. The van der Waals surface area contributed by atoms with Crippen LogP contribution in [0.25, 0.3) is 0 Å². The number of rotatable bonds is 10. The summed E-state index contributed by atoms with van der Waals surface area (Å²) in [5, 5.41) is 3.95. The van der Waals surface area contributed by atoms with Crippen molar-refractivity contribution in [2.75, 3.05) is 19.5 Å². The Morgan fingerprint density at radius 2 is 1.66 bits per heavy atom. The third-order valence-corrected chi connectivity index (χ3v) is 6.63. The van der Waals surface area contributed by atoms with Gasteiger partial charge in [0.1, 0.15) is 22.0 Å². The number of H-pyrrole nitrogens is 1. The van der Waals surface area contributed by atoms with Gasteiger partial charge in [0.15, 0.2) is 23.9 Å². The SMILES string of the molecule is COc1ccc([C@H](Cc2c(Cl)c[nH+]cc2Cl)OC(=O)c2ccc(F)c(CNc3ccccc3)c2)cc1OC. The fourth-order valence-electron chi connectivity index (χ4n) is 3.93. The Morgan fingerprint density at radius 3 is 2.34 bits per heavy atom. The minimum Gasteiger partial charge on any atom is -0.493 e. The first-order chi connectivity index (χ1) is 18.4. The zero-order valence-electron chi connectivity index (χ0n) is 20.8. The van der Waals surface area contributed by atoms with Crippen LogP contribution < -0.4 is 19.8 Å². The average Bonchev–Trinajstić information content (AvgIpc) is 2.94. The number of methoxy groups -OCH3 is 2. The zero-order chi connectivity index (χ0) is 27.1. The lowest BCUT2D eigenvalue weighted by atomic mass is 10.0. The normalized spacial score (nSPS) is 11.5. The van der Waals surface area contributed by atoms with Crippen LogP contribution in [0.5, 0.6) is 11.5 Å². The quantitative estimate of drug-likeness (QED) is 0.220.